The number of thioether (sulfide) groups is 1. The molecule has 1 aromatic heterocycles. The molecule has 0 atom stereocenters. The number of aromatic nitrogens is 1. The Labute approximate surface area is 151 Å². The third kappa shape index (κ3) is 4.28. The van der Waals surface area contributed by atoms with Gasteiger partial charge in [0.15, 0.2) is 5.75 Å². The Hall–Kier alpha value is -2.59. The normalized spacial score (nSPS) is 11.1. The molecule has 0 amide bonds. The number of nitrogens with zero attached hydrogens (tertiary/aromatic N) is 1. The number of esters is 1. The van der Waals surface area contributed by atoms with Gasteiger partial charge in [-0.3, -0.25) is 4.79 Å². The quantitative estimate of drug-likeness (QED) is 0.349. The van der Waals surface area contributed by atoms with Gasteiger partial charge in [0.25, 0.3) is 0 Å². The Morgan fingerprint density at radius 3 is 2.60 bits per heavy atom. The monoisotopic (exact) mass is 349 g/mol. The van der Waals surface area contributed by atoms with Crippen LogP contribution in [0.25, 0.3) is 23.1 Å². The molecule has 0 N–H and O–H groups in total. The number of hydrogen-bond acceptors (Lipinski definition) is 4. The highest BCUT2D eigenvalue weighted by Gasteiger charge is 2.08. The predicted molar refractivity (Wildman–Crippen MR) is 105 cm³/mol. The summed E-state index contributed by atoms with van der Waals surface area (Å²) in [6.45, 7) is 1.78. The van der Waals surface area contributed by atoms with Gasteiger partial charge in [0.2, 0.25) is 0 Å². The predicted octanol–water partition coefficient (Wildman–Crippen LogP) is 5.44. The third-order valence-electron chi connectivity index (χ3n) is 3.78. The summed E-state index contributed by atoms with van der Waals surface area (Å²) in [5, 5.41) is 0.947. The number of fused-ring (bicyclic) bond motifs is 1. The van der Waals surface area contributed by atoms with Crippen molar-refractivity contribution in [2.24, 2.45) is 0 Å². The SMILES string of the molecule is CCC(=O)Oc1cccc2ccc(/C=C/c3ccc(SC)cc3)nc12. The number of rotatable bonds is 5. The summed E-state index contributed by atoms with van der Waals surface area (Å²) in [5.41, 5.74) is 2.64. The van der Waals surface area contributed by atoms with Gasteiger partial charge >= 0.3 is 5.97 Å². The summed E-state index contributed by atoms with van der Waals surface area (Å²) in [7, 11) is 0. The van der Waals surface area contributed by atoms with E-state index in [9.17, 15) is 4.79 Å². The van der Waals surface area contributed by atoms with Crippen molar-refractivity contribution in [2.75, 3.05) is 6.26 Å². The molecule has 0 unspecified atom stereocenters. The summed E-state index contributed by atoms with van der Waals surface area (Å²) < 4.78 is 5.39. The minimum Gasteiger partial charge on any atom is -0.424 e. The highest BCUT2D eigenvalue weighted by Crippen LogP contribution is 2.25. The van der Waals surface area contributed by atoms with Crippen LogP contribution in [-0.2, 0) is 4.79 Å². The first-order valence-electron chi connectivity index (χ1n) is 8.12. The minimum atomic E-state index is -0.260. The maximum atomic E-state index is 11.6. The standard InChI is InChI=1S/C21H19NO2S/c1-3-20(23)24-19-6-4-5-16-10-12-17(22-21(16)19)11-7-15-8-13-18(25-2)14-9-15/h4-14H,3H2,1-2H3/b11-7+. The van der Waals surface area contributed by atoms with Crippen LogP contribution in [0, 0.1) is 0 Å². The molecule has 0 spiro atoms. The molecule has 1 heterocycles. The first-order chi connectivity index (χ1) is 12.2. The van der Waals surface area contributed by atoms with Crippen molar-refractivity contribution in [3.8, 4) is 5.75 Å². The molecule has 4 heteroatoms. The average Bonchev–Trinajstić information content (AvgIpc) is 2.67. The molecule has 0 fully saturated rings. The number of carbonyl (C=O) groups is 1. The van der Waals surface area contributed by atoms with Crippen molar-refractivity contribution in [3.05, 3.63) is 65.9 Å². The van der Waals surface area contributed by atoms with Crippen LogP contribution in [0.3, 0.4) is 0 Å². The lowest BCUT2D eigenvalue weighted by Gasteiger charge is -2.07. The largest absolute Gasteiger partial charge is 0.424 e. The van der Waals surface area contributed by atoms with Crippen molar-refractivity contribution >= 4 is 40.8 Å². The second kappa shape index (κ2) is 7.99. The van der Waals surface area contributed by atoms with Crippen LogP contribution in [-0.4, -0.2) is 17.2 Å². The topological polar surface area (TPSA) is 39.2 Å². The highest BCUT2D eigenvalue weighted by molar-refractivity contribution is 7.98. The van der Waals surface area contributed by atoms with Gasteiger partial charge in [-0.25, -0.2) is 4.98 Å². The van der Waals surface area contributed by atoms with E-state index in [0.717, 1.165) is 16.6 Å². The second-order valence-electron chi connectivity index (χ2n) is 5.50. The van der Waals surface area contributed by atoms with Gasteiger partial charge in [0.1, 0.15) is 5.52 Å². The fraction of sp³-hybridized carbons (Fsp3) is 0.143. The zero-order valence-corrected chi connectivity index (χ0v) is 15.0. The van der Waals surface area contributed by atoms with Crippen LogP contribution in [0.15, 0.2) is 59.5 Å². The molecule has 0 saturated heterocycles. The first-order valence-corrected chi connectivity index (χ1v) is 9.34. The van der Waals surface area contributed by atoms with Crippen LogP contribution in [0.5, 0.6) is 5.75 Å². The summed E-state index contributed by atoms with van der Waals surface area (Å²) in [6.07, 6.45) is 6.39. The second-order valence-corrected chi connectivity index (χ2v) is 6.38. The first kappa shape index (κ1) is 17.2. The van der Waals surface area contributed by atoms with Crippen molar-refractivity contribution in [2.45, 2.75) is 18.2 Å². The Kier molecular flexibility index (Phi) is 5.51. The summed E-state index contributed by atoms with van der Waals surface area (Å²) >= 11 is 1.72. The van der Waals surface area contributed by atoms with Gasteiger partial charge < -0.3 is 4.74 Å². The van der Waals surface area contributed by atoms with Crippen molar-refractivity contribution in [1.29, 1.82) is 0 Å². The van der Waals surface area contributed by atoms with Crippen LogP contribution in [0.4, 0.5) is 0 Å². The third-order valence-corrected chi connectivity index (χ3v) is 4.52. The molecule has 0 bridgehead atoms. The van der Waals surface area contributed by atoms with E-state index in [1.54, 1.807) is 24.8 Å². The van der Waals surface area contributed by atoms with Gasteiger partial charge in [0, 0.05) is 16.7 Å². The molecule has 0 aliphatic heterocycles. The molecule has 2 aromatic carbocycles. The smallest absolute Gasteiger partial charge is 0.310 e. The lowest BCUT2D eigenvalue weighted by atomic mass is 10.1. The van der Waals surface area contributed by atoms with Crippen LogP contribution in [0.2, 0.25) is 0 Å². The van der Waals surface area contributed by atoms with Gasteiger partial charge in [-0.15, -0.1) is 11.8 Å². The molecule has 0 aliphatic rings. The summed E-state index contributed by atoms with van der Waals surface area (Å²) in [5.74, 6) is 0.244. The van der Waals surface area contributed by atoms with E-state index < -0.39 is 0 Å². The van der Waals surface area contributed by atoms with E-state index in [1.165, 1.54) is 4.90 Å². The van der Waals surface area contributed by atoms with E-state index in [2.05, 4.69) is 35.5 Å². The Balaban J connectivity index is 1.90. The summed E-state index contributed by atoms with van der Waals surface area (Å²) in [4.78, 5) is 17.5. The number of pyridine rings is 1. The van der Waals surface area contributed by atoms with Crippen molar-refractivity contribution in [3.63, 3.8) is 0 Å². The maximum absolute atomic E-state index is 11.6. The highest BCUT2D eigenvalue weighted by atomic mass is 32.2. The number of carbonyl (C=O) groups excluding carboxylic acids is 1. The van der Waals surface area contributed by atoms with E-state index in [1.807, 2.05) is 36.4 Å². The lowest BCUT2D eigenvalue weighted by molar-refractivity contribution is -0.133. The molecular weight excluding hydrogens is 330 g/mol. The van der Waals surface area contributed by atoms with Crippen LogP contribution in [0.1, 0.15) is 24.6 Å². The van der Waals surface area contributed by atoms with E-state index in [-0.39, 0.29) is 5.97 Å². The molecule has 0 radical (unpaired) electrons. The Bertz CT molecular complexity index is 917. The molecule has 3 aromatic rings. The minimum absolute atomic E-state index is 0.260. The Morgan fingerprint density at radius 2 is 1.88 bits per heavy atom. The molecule has 0 aliphatic carbocycles. The molecular formula is C21H19NO2S. The Morgan fingerprint density at radius 1 is 1.08 bits per heavy atom. The molecule has 3 nitrogen and oxygen atoms in total. The van der Waals surface area contributed by atoms with Gasteiger partial charge in [-0.2, -0.15) is 0 Å². The van der Waals surface area contributed by atoms with Gasteiger partial charge in [-0.1, -0.05) is 43.3 Å². The zero-order valence-electron chi connectivity index (χ0n) is 14.2. The number of ether oxygens (including phenoxy) is 1. The van der Waals surface area contributed by atoms with Crippen LogP contribution >= 0.6 is 11.8 Å². The maximum Gasteiger partial charge on any atom is 0.310 e. The fourth-order valence-electron chi connectivity index (χ4n) is 2.40. The van der Waals surface area contributed by atoms with Gasteiger partial charge in [-0.05, 0) is 42.2 Å². The number of para-hydroxylation sites is 1. The van der Waals surface area contributed by atoms with Crippen molar-refractivity contribution in [1.82, 2.24) is 4.98 Å². The summed E-state index contributed by atoms with van der Waals surface area (Å²) in [6, 6.07) is 17.9. The molecule has 0 saturated carbocycles. The average molecular weight is 349 g/mol. The molecule has 3 rings (SSSR count). The number of benzene rings is 2. The lowest BCUT2D eigenvalue weighted by Crippen LogP contribution is -2.06. The van der Waals surface area contributed by atoms with Crippen molar-refractivity contribution < 1.29 is 9.53 Å². The van der Waals surface area contributed by atoms with E-state index in [4.69, 9.17) is 4.74 Å². The van der Waals surface area contributed by atoms with E-state index in [0.29, 0.717) is 17.7 Å². The molecule has 25 heavy (non-hydrogen) atoms. The van der Waals surface area contributed by atoms with Gasteiger partial charge in [0.05, 0.1) is 5.69 Å². The fourth-order valence-corrected chi connectivity index (χ4v) is 2.81. The van der Waals surface area contributed by atoms with E-state index >= 15 is 0 Å². The van der Waals surface area contributed by atoms with Crippen LogP contribution < -0.4 is 4.74 Å². The zero-order chi connectivity index (χ0) is 17.6. The number of hydrogen-bond donors (Lipinski definition) is 0. The molecule has 126 valence electrons.